The molecule has 10 heteroatoms. The van der Waals surface area contributed by atoms with Crippen LogP contribution in [0.25, 0.3) is 0 Å². The van der Waals surface area contributed by atoms with Crippen LogP contribution in [0.4, 0.5) is 14.9 Å². The van der Waals surface area contributed by atoms with Gasteiger partial charge < -0.3 is 19.3 Å². The Morgan fingerprint density at radius 3 is 2.75 bits per heavy atom. The normalized spacial score (nSPS) is 14.1. The summed E-state index contributed by atoms with van der Waals surface area (Å²) in [5.74, 6) is -1.22. The van der Waals surface area contributed by atoms with Crippen molar-refractivity contribution in [2.24, 2.45) is 5.92 Å². The number of hydroxylamine groups is 1. The van der Waals surface area contributed by atoms with Crippen LogP contribution < -0.4 is 20.3 Å². The molecule has 9 nitrogen and oxygen atoms in total. The van der Waals surface area contributed by atoms with Crippen molar-refractivity contribution in [1.82, 2.24) is 5.48 Å². The zero-order valence-electron chi connectivity index (χ0n) is 17.2. The van der Waals surface area contributed by atoms with Gasteiger partial charge in [-0.15, -0.1) is 0 Å². The van der Waals surface area contributed by atoms with E-state index in [4.69, 9.17) is 19.4 Å². The first kappa shape index (κ1) is 22.9. The number of benzene rings is 2. The average molecular weight is 446 g/mol. The number of phenols is 1. The molecule has 1 heterocycles. The number of allylic oxidation sites excluding steroid dienone is 1. The number of anilines is 1. The largest absolute Gasteiger partial charge is 0.505 e. The molecule has 0 aromatic heterocycles. The van der Waals surface area contributed by atoms with Gasteiger partial charge in [0.25, 0.3) is 5.91 Å². The number of phenolic OH excluding ortho intramolecular Hbond substituents is 1. The summed E-state index contributed by atoms with van der Waals surface area (Å²) in [5, 5.41) is 20.6. The van der Waals surface area contributed by atoms with Gasteiger partial charge >= 0.3 is 6.09 Å². The van der Waals surface area contributed by atoms with E-state index in [9.17, 15) is 19.1 Å². The highest BCUT2D eigenvalue weighted by Gasteiger charge is 2.25. The minimum absolute atomic E-state index is 0.101. The highest BCUT2D eigenvalue weighted by Crippen LogP contribution is 2.35. The zero-order chi connectivity index (χ0) is 23.1. The van der Waals surface area contributed by atoms with Crippen molar-refractivity contribution >= 4 is 17.7 Å². The Hall–Kier alpha value is -3.79. The zero-order valence-corrected chi connectivity index (χ0v) is 17.2. The summed E-state index contributed by atoms with van der Waals surface area (Å²) >= 11 is 0. The minimum Gasteiger partial charge on any atom is -0.505 e. The Labute approximate surface area is 183 Å². The molecule has 32 heavy (non-hydrogen) atoms. The first-order valence-electron chi connectivity index (χ1n) is 9.83. The van der Waals surface area contributed by atoms with E-state index in [0.29, 0.717) is 35.6 Å². The van der Waals surface area contributed by atoms with Gasteiger partial charge in [-0.25, -0.2) is 14.7 Å². The van der Waals surface area contributed by atoms with Crippen LogP contribution in [-0.2, 0) is 9.53 Å². The monoisotopic (exact) mass is 446 g/mol. The summed E-state index contributed by atoms with van der Waals surface area (Å²) in [5.41, 5.74) is 2.29. The fourth-order valence-corrected chi connectivity index (χ4v) is 3.19. The Balaban J connectivity index is 1.71. The maximum absolute atomic E-state index is 13.9. The maximum Gasteiger partial charge on any atom is 0.412 e. The van der Waals surface area contributed by atoms with Crippen molar-refractivity contribution in [3.8, 4) is 17.2 Å². The summed E-state index contributed by atoms with van der Waals surface area (Å²) in [6.07, 6.45) is 2.07. The first-order valence-corrected chi connectivity index (χ1v) is 9.83. The van der Waals surface area contributed by atoms with Gasteiger partial charge in [-0.1, -0.05) is 19.1 Å². The van der Waals surface area contributed by atoms with Crippen molar-refractivity contribution < 1.29 is 38.5 Å². The average Bonchev–Trinajstić information content (AvgIpc) is 3.24. The highest BCUT2D eigenvalue weighted by atomic mass is 19.1. The number of hydrogen-bond donors (Lipinski definition) is 4. The third-order valence-electron chi connectivity index (χ3n) is 4.84. The number of hydrogen-bond acceptors (Lipinski definition) is 7. The lowest BCUT2D eigenvalue weighted by atomic mass is 9.93. The van der Waals surface area contributed by atoms with Crippen LogP contribution in [0.15, 0.2) is 48.6 Å². The summed E-state index contributed by atoms with van der Waals surface area (Å²) in [6, 6.07) is 8.66. The topological polar surface area (TPSA) is 126 Å². The first-order chi connectivity index (χ1) is 15.4. The van der Waals surface area contributed by atoms with Crippen molar-refractivity contribution in [2.75, 3.05) is 12.1 Å². The molecule has 4 N–H and O–H groups in total. The SMILES string of the molecule is C[C@@H](CC/C=C/C(=O)NO)[C@@H](OC(=O)Nc1ccc2c(c1)OCO2)c1ccc(O)c(F)c1. The molecule has 3 rings (SSSR count). The van der Waals surface area contributed by atoms with Crippen LogP contribution in [0, 0.1) is 11.7 Å². The number of rotatable bonds is 8. The fraction of sp³-hybridized carbons (Fsp3) is 0.273. The quantitative estimate of drug-likeness (QED) is 0.274. The molecule has 0 fully saturated rings. The van der Waals surface area contributed by atoms with Crippen LogP contribution in [0.1, 0.15) is 31.4 Å². The Morgan fingerprint density at radius 2 is 2.00 bits per heavy atom. The number of fused-ring (bicyclic) bond motifs is 1. The number of amides is 2. The molecule has 0 aliphatic carbocycles. The molecule has 0 saturated heterocycles. The van der Waals surface area contributed by atoms with E-state index in [1.54, 1.807) is 24.3 Å². The second-order valence-electron chi connectivity index (χ2n) is 7.16. The Bertz CT molecular complexity index is 1010. The number of aromatic hydroxyl groups is 1. The molecule has 1 aliphatic heterocycles. The van der Waals surface area contributed by atoms with Gasteiger partial charge in [0, 0.05) is 17.8 Å². The van der Waals surface area contributed by atoms with Crippen LogP contribution in [0.2, 0.25) is 0 Å². The second kappa shape index (κ2) is 10.5. The standard InChI is InChI=1S/C22H23FN2O7/c1-13(4-2-3-5-20(27)25-29)21(14-6-8-17(26)16(23)10-14)32-22(28)24-15-7-9-18-19(11-15)31-12-30-18/h3,5-11,13,21,26,29H,2,4,12H2,1H3,(H,24,28)(H,25,27)/b5-3+/t13-,21+/m0/s1. The van der Waals surface area contributed by atoms with Crippen molar-refractivity contribution in [3.63, 3.8) is 0 Å². The molecular weight excluding hydrogens is 423 g/mol. The van der Waals surface area contributed by atoms with Gasteiger partial charge in [0.05, 0.1) is 0 Å². The number of halogens is 1. The van der Waals surface area contributed by atoms with Crippen molar-refractivity contribution in [1.29, 1.82) is 0 Å². The van der Waals surface area contributed by atoms with Gasteiger partial charge in [0.1, 0.15) is 6.10 Å². The van der Waals surface area contributed by atoms with Gasteiger partial charge in [0.15, 0.2) is 23.1 Å². The fourth-order valence-electron chi connectivity index (χ4n) is 3.19. The third-order valence-corrected chi connectivity index (χ3v) is 4.84. The van der Waals surface area contributed by atoms with Gasteiger partial charge in [-0.05, 0) is 48.6 Å². The van der Waals surface area contributed by atoms with Gasteiger partial charge in [-0.2, -0.15) is 0 Å². The molecule has 2 atom stereocenters. The Morgan fingerprint density at radius 1 is 1.22 bits per heavy atom. The third kappa shape index (κ3) is 5.88. The van der Waals surface area contributed by atoms with Crippen LogP contribution in [0.5, 0.6) is 17.2 Å². The van der Waals surface area contributed by atoms with Crippen molar-refractivity contribution in [3.05, 3.63) is 59.9 Å². The Kier molecular flexibility index (Phi) is 7.50. The molecule has 1 aliphatic rings. The molecule has 0 bridgehead atoms. The molecule has 0 spiro atoms. The van der Waals surface area contributed by atoms with E-state index in [1.807, 2.05) is 6.92 Å². The predicted octanol–water partition coefficient (Wildman–Crippen LogP) is 4.03. The van der Waals surface area contributed by atoms with Crippen LogP contribution >= 0.6 is 0 Å². The van der Waals surface area contributed by atoms with Crippen LogP contribution in [-0.4, -0.2) is 29.1 Å². The van der Waals surface area contributed by atoms with E-state index < -0.39 is 29.7 Å². The van der Waals surface area contributed by atoms with Crippen LogP contribution in [0.3, 0.4) is 0 Å². The lowest BCUT2D eigenvalue weighted by Gasteiger charge is -2.25. The number of ether oxygens (including phenoxy) is 3. The van der Waals surface area contributed by atoms with E-state index >= 15 is 0 Å². The second-order valence-corrected chi connectivity index (χ2v) is 7.16. The number of nitrogens with one attached hydrogen (secondary N) is 2. The summed E-state index contributed by atoms with van der Waals surface area (Å²) < 4.78 is 30.1. The smallest absolute Gasteiger partial charge is 0.412 e. The highest BCUT2D eigenvalue weighted by molar-refractivity contribution is 5.86. The number of carbonyl (C=O) groups excluding carboxylic acids is 2. The summed E-state index contributed by atoms with van der Waals surface area (Å²) in [4.78, 5) is 23.6. The lowest BCUT2D eigenvalue weighted by molar-refractivity contribution is -0.124. The molecule has 2 aromatic rings. The minimum atomic E-state index is -0.834. The molecule has 0 unspecified atom stereocenters. The van der Waals surface area contributed by atoms with E-state index in [2.05, 4.69) is 5.32 Å². The van der Waals surface area contributed by atoms with E-state index in [1.165, 1.54) is 23.7 Å². The molecule has 2 amide bonds. The molecule has 0 radical (unpaired) electrons. The maximum atomic E-state index is 13.9. The predicted molar refractivity (Wildman–Crippen MR) is 111 cm³/mol. The molecule has 0 saturated carbocycles. The summed E-state index contributed by atoms with van der Waals surface area (Å²) in [7, 11) is 0. The van der Waals surface area contributed by atoms with Gasteiger partial charge in [-0.3, -0.25) is 15.3 Å². The van der Waals surface area contributed by atoms with E-state index in [-0.39, 0.29) is 12.7 Å². The van der Waals surface area contributed by atoms with E-state index in [0.717, 1.165) is 6.07 Å². The van der Waals surface area contributed by atoms with Crippen molar-refractivity contribution in [2.45, 2.75) is 25.9 Å². The number of carbonyl (C=O) groups is 2. The molecular formula is C22H23FN2O7. The summed E-state index contributed by atoms with van der Waals surface area (Å²) in [6.45, 7) is 1.91. The molecule has 2 aromatic carbocycles. The van der Waals surface area contributed by atoms with Gasteiger partial charge in [0.2, 0.25) is 6.79 Å². The lowest BCUT2D eigenvalue weighted by Crippen LogP contribution is -2.22. The molecule has 170 valence electrons.